The Morgan fingerprint density at radius 2 is 1.56 bits per heavy atom. The SMILES string of the molecule is O=COCCOC(=O)CCCCCCCC(=O)O. The van der Waals surface area contributed by atoms with Gasteiger partial charge in [0.05, 0.1) is 0 Å². The van der Waals surface area contributed by atoms with Crippen LogP contribution in [0.4, 0.5) is 0 Å². The summed E-state index contributed by atoms with van der Waals surface area (Å²) in [5, 5.41) is 8.42. The van der Waals surface area contributed by atoms with E-state index in [0.29, 0.717) is 19.3 Å². The summed E-state index contributed by atoms with van der Waals surface area (Å²) in [7, 11) is 0. The molecule has 0 aromatic heterocycles. The van der Waals surface area contributed by atoms with E-state index in [1.165, 1.54) is 0 Å². The van der Waals surface area contributed by atoms with Crippen LogP contribution in [0, 0.1) is 0 Å². The van der Waals surface area contributed by atoms with Crippen LogP contribution in [0.3, 0.4) is 0 Å². The fourth-order valence-electron chi connectivity index (χ4n) is 1.40. The predicted molar refractivity (Wildman–Crippen MR) is 62.9 cm³/mol. The molecule has 0 aliphatic carbocycles. The van der Waals surface area contributed by atoms with E-state index in [1.54, 1.807) is 0 Å². The minimum absolute atomic E-state index is 0.0877. The molecule has 6 heteroatoms. The van der Waals surface area contributed by atoms with Gasteiger partial charge in [-0.3, -0.25) is 14.4 Å². The van der Waals surface area contributed by atoms with Crippen molar-refractivity contribution in [2.45, 2.75) is 44.9 Å². The molecule has 0 aromatic carbocycles. The van der Waals surface area contributed by atoms with Gasteiger partial charge in [-0.05, 0) is 12.8 Å². The van der Waals surface area contributed by atoms with Gasteiger partial charge in [-0.15, -0.1) is 0 Å². The maximum Gasteiger partial charge on any atom is 0.305 e. The Bertz CT molecular complexity index is 251. The molecule has 0 radical (unpaired) electrons. The summed E-state index contributed by atoms with van der Waals surface area (Å²) < 4.78 is 9.17. The van der Waals surface area contributed by atoms with Gasteiger partial charge in [0, 0.05) is 12.8 Å². The van der Waals surface area contributed by atoms with E-state index < -0.39 is 5.97 Å². The molecule has 6 nitrogen and oxygen atoms in total. The first-order valence-corrected chi connectivity index (χ1v) is 6.09. The molecule has 0 rings (SSSR count). The highest BCUT2D eigenvalue weighted by atomic mass is 16.6. The van der Waals surface area contributed by atoms with E-state index >= 15 is 0 Å². The van der Waals surface area contributed by atoms with Crippen LogP contribution in [0.2, 0.25) is 0 Å². The lowest BCUT2D eigenvalue weighted by molar-refractivity contribution is -0.147. The molecule has 0 saturated heterocycles. The van der Waals surface area contributed by atoms with Gasteiger partial charge < -0.3 is 14.6 Å². The normalized spacial score (nSPS) is 9.78. The second kappa shape index (κ2) is 11.9. The number of carboxylic acids is 1. The van der Waals surface area contributed by atoms with Crippen molar-refractivity contribution in [3.8, 4) is 0 Å². The maximum atomic E-state index is 11.1. The van der Waals surface area contributed by atoms with Crippen molar-refractivity contribution in [3.63, 3.8) is 0 Å². The van der Waals surface area contributed by atoms with Gasteiger partial charge >= 0.3 is 11.9 Å². The number of esters is 1. The molecule has 0 spiro atoms. The summed E-state index contributed by atoms with van der Waals surface area (Å²) in [4.78, 5) is 31.2. The zero-order valence-corrected chi connectivity index (χ0v) is 10.4. The average Bonchev–Trinajstić information content (AvgIpc) is 2.33. The van der Waals surface area contributed by atoms with Gasteiger partial charge in [0.2, 0.25) is 0 Å². The Morgan fingerprint density at radius 3 is 2.17 bits per heavy atom. The maximum absolute atomic E-state index is 11.1. The van der Waals surface area contributed by atoms with Crippen LogP contribution in [-0.4, -0.2) is 36.7 Å². The minimum atomic E-state index is -0.767. The molecule has 0 aromatic rings. The zero-order chi connectivity index (χ0) is 13.6. The molecule has 0 saturated carbocycles. The largest absolute Gasteiger partial charge is 0.481 e. The summed E-state index contributed by atoms with van der Waals surface area (Å²) >= 11 is 0. The van der Waals surface area contributed by atoms with Crippen molar-refractivity contribution >= 4 is 18.4 Å². The molecular weight excluding hydrogens is 240 g/mol. The van der Waals surface area contributed by atoms with Gasteiger partial charge in [-0.2, -0.15) is 0 Å². The van der Waals surface area contributed by atoms with E-state index in [2.05, 4.69) is 4.74 Å². The predicted octanol–water partition coefficient (Wildman–Crippen LogP) is 1.52. The number of carboxylic acid groups (broad SMARTS) is 1. The first-order chi connectivity index (χ1) is 8.66. The third kappa shape index (κ3) is 12.5. The number of unbranched alkanes of at least 4 members (excludes halogenated alkanes) is 4. The lowest BCUT2D eigenvalue weighted by Gasteiger charge is -2.03. The second-order valence-corrected chi connectivity index (χ2v) is 3.85. The number of ether oxygens (including phenoxy) is 2. The van der Waals surface area contributed by atoms with Crippen LogP contribution in [0.1, 0.15) is 44.9 Å². The Morgan fingerprint density at radius 1 is 0.944 bits per heavy atom. The summed E-state index contributed by atoms with van der Waals surface area (Å²) in [5.74, 6) is -1.06. The quantitative estimate of drug-likeness (QED) is 0.325. The number of hydrogen-bond donors (Lipinski definition) is 1. The minimum Gasteiger partial charge on any atom is -0.481 e. The summed E-state index contributed by atoms with van der Waals surface area (Å²) in [6, 6.07) is 0. The number of hydrogen-bond acceptors (Lipinski definition) is 5. The fraction of sp³-hybridized carbons (Fsp3) is 0.750. The summed E-state index contributed by atoms with van der Waals surface area (Å²) in [6.07, 6.45) is 4.66. The van der Waals surface area contributed by atoms with E-state index in [4.69, 9.17) is 9.84 Å². The Kier molecular flexibility index (Phi) is 10.8. The summed E-state index contributed by atoms with van der Waals surface area (Å²) in [5.41, 5.74) is 0. The number of rotatable bonds is 12. The Balaban J connectivity index is 3.19. The third-order valence-electron chi connectivity index (χ3n) is 2.30. The molecule has 0 aliphatic rings. The van der Waals surface area contributed by atoms with Crippen LogP contribution in [0.25, 0.3) is 0 Å². The van der Waals surface area contributed by atoms with Crippen molar-refractivity contribution < 1.29 is 29.0 Å². The Hall–Kier alpha value is -1.59. The molecule has 0 unspecified atom stereocenters. The lowest BCUT2D eigenvalue weighted by Crippen LogP contribution is -2.09. The highest BCUT2D eigenvalue weighted by Gasteiger charge is 2.02. The van der Waals surface area contributed by atoms with Gasteiger partial charge in [0.25, 0.3) is 6.47 Å². The fourth-order valence-corrected chi connectivity index (χ4v) is 1.40. The highest BCUT2D eigenvalue weighted by molar-refractivity contribution is 5.69. The molecule has 0 aliphatic heterocycles. The number of carbonyl (C=O) groups is 3. The van der Waals surface area contributed by atoms with Crippen molar-refractivity contribution in [1.29, 1.82) is 0 Å². The standard InChI is InChI=1S/C12H20O6/c13-10-17-8-9-18-12(16)7-5-3-1-2-4-6-11(14)15/h10H,1-9H2,(H,14,15). The van der Waals surface area contributed by atoms with Crippen LogP contribution in [-0.2, 0) is 23.9 Å². The number of aliphatic carboxylic acids is 1. The second-order valence-electron chi connectivity index (χ2n) is 3.85. The molecule has 0 bridgehead atoms. The molecule has 0 atom stereocenters. The van der Waals surface area contributed by atoms with E-state index in [-0.39, 0.29) is 25.6 Å². The van der Waals surface area contributed by atoms with Gasteiger partial charge in [-0.1, -0.05) is 19.3 Å². The zero-order valence-electron chi connectivity index (χ0n) is 10.4. The molecule has 104 valence electrons. The van der Waals surface area contributed by atoms with E-state index in [9.17, 15) is 14.4 Å². The van der Waals surface area contributed by atoms with Crippen LogP contribution in [0.5, 0.6) is 0 Å². The van der Waals surface area contributed by atoms with Crippen molar-refractivity contribution in [2.24, 2.45) is 0 Å². The highest BCUT2D eigenvalue weighted by Crippen LogP contribution is 2.07. The van der Waals surface area contributed by atoms with Crippen LogP contribution >= 0.6 is 0 Å². The topological polar surface area (TPSA) is 89.9 Å². The average molecular weight is 260 g/mol. The molecular formula is C12H20O6. The first-order valence-electron chi connectivity index (χ1n) is 6.09. The lowest BCUT2D eigenvalue weighted by atomic mass is 10.1. The van der Waals surface area contributed by atoms with Gasteiger partial charge in [-0.25, -0.2) is 0 Å². The third-order valence-corrected chi connectivity index (χ3v) is 2.30. The Labute approximate surface area is 106 Å². The van der Waals surface area contributed by atoms with Crippen molar-refractivity contribution in [3.05, 3.63) is 0 Å². The van der Waals surface area contributed by atoms with Gasteiger partial charge in [0.15, 0.2) is 0 Å². The monoisotopic (exact) mass is 260 g/mol. The molecule has 18 heavy (non-hydrogen) atoms. The van der Waals surface area contributed by atoms with Crippen LogP contribution in [0.15, 0.2) is 0 Å². The number of carbonyl (C=O) groups excluding carboxylic acids is 2. The molecule has 0 fully saturated rings. The van der Waals surface area contributed by atoms with Crippen LogP contribution < -0.4 is 0 Å². The van der Waals surface area contributed by atoms with Gasteiger partial charge in [0.1, 0.15) is 13.2 Å². The first kappa shape index (κ1) is 16.4. The van der Waals surface area contributed by atoms with Crippen molar-refractivity contribution in [1.82, 2.24) is 0 Å². The molecule has 0 heterocycles. The molecule has 1 N–H and O–H groups in total. The van der Waals surface area contributed by atoms with Crippen molar-refractivity contribution in [2.75, 3.05) is 13.2 Å². The molecule has 0 amide bonds. The smallest absolute Gasteiger partial charge is 0.305 e. The summed E-state index contributed by atoms with van der Waals surface area (Å²) in [6.45, 7) is 0.492. The van der Waals surface area contributed by atoms with E-state index in [1.807, 2.05) is 0 Å². The van der Waals surface area contributed by atoms with E-state index in [0.717, 1.165) is 25.7 Å².